The minimum Gasteiger partial charge on any atom is -0.467 e. The van der Waals surface area contributed by atoms with E-state index in [1.807, 2.05) is 60.9 Å². The molecule has 6 nitrogen and oxygen atoms in total. The number of ether oxygens (including phenoxy) is 1. The molecule has 5 rings (SSSR count). The fraction of sp³-hybridized carbons (Fsp3) is 0.296. The van der Waals surface area contributed by atoms with Crippen LogP contribution in [0, 0.1) is 13.8 Å². The van der Waals surface area contributed by atoms with Crippen molar-refractivity contribution in [2.45, 2.75) is 46.1 Å². The molecule has 0 radical (unpaired) electrons. The number of aromatic nitrogens is 2. The van der Waals surface area contributed by atoms with Gasteiger partial charge in [-0.1, -0.05) is 18.2 Å². The standard InChI is InChI=1S/C27H26N2O4/c1-17-14-22(18(2)29(17)15-19-8-7-13-32-19)25(30)16-33-27(31)26-20-9-3-5-11-23(20)28-24-12-6-4-10-21(24)26/h3,5,7-9,11,13-14H,4,6,10,12,15-16H2,1-2H3. The monoisotopic (exact) mass is 442 g/mol. The summed E-state index contributed by atoms with van der Waals surface area (Å²) in [6.45, 7) is 4.11. The molecule has 1 aliphatic rings. The van der Waals surface area contributed by atoms with Crippen molar-refractivity contribution in [1.82, 2.24) is 9.55 Å². The minimum absolute atomic E-state index is 0.214. The van der Waals surface area contributed by atoms with Gasteiger partial charge in [-0.25, -0.2) is 4.79 Å². The van der Waals surface area contributed by atoms with Crippen molar-refractivity contribution in [2.24, 2.45) is 0 Å². The molecule has 0 amide bonds. The predicted molar refractivity (Wildman–Crippen MR) is 125 cm³/mol. The zero-order valence-electron chi connectivity index (χ0n) is 18.9. The number of benzene rings is 1. The number of esters is 1. The van der Waals surface area contributed by atoms with E-state index in [0.717, 1.165) is 65.0 Å². The first-order valence-corrected chi connectivity index (χ1v) is 11.3. The van der Waals surface area contributed by atoms with Crippen LogP contribution in [0.1, 0.15) is 62.0 Å². The van der Waals surface area contributed by atoms with Crippen LogP contribution < -0.4 is 0 Å². The van der Waals surface area contributed by atoms with E-state index in [2.05, 4.69) is 0 Å². The van der Waals surface area contributed by atoms with Crippen molar-refractivity contribution in [3.8, 4) is 0 Å². The topological polar surface area (TPSA) is 74.3 Å². The van der Waals surface area contributed by atoms with Crippen LogP contribution in [-0.2, 0) is 24.1 Å². The Hall–Kier alpha value is -3.67. The van der Waals surface area contributed by atoms with Crippen LogP contribution in [0.3, 0.4) is 0 Å². The SMILES string of the molecule is Cc1cc(C(=O)COC(=O)c2c3c(nc4ccccc24)CCCC3)c(C)n1Cc1ccco1. The summed E-state index contributed by atoms with van der Waals surface area (Å²) in [4.78, 5) is 31.0. The number of Topliss-reactive ketones (excluding diaryl/α,β-unsaturated/α-hetero) is 1. The van der Waals surface area contributed by atoms with Gasteiger partial charge in [0.25, 0.3) is 0 Å². The number of ketones is 1. The smallest absolute Gasteiger partial charge is 0.339 e. The van der Waals surface area contributed by atoms with Crippen LogP contribution in [0.15, 0.2) is 53.1 Å². The predicted octanol–water partition coefficient (Wildman–Crippen LogP) is 5.21. The molecule has 0 spiro atoms. The maximum absolute atomic E-state index is 13.2. The molecule has 0 bridgehead atoms. The average Bonchev–Trinajstić information content (AvgIpc) is 3.44. The summed E-state index contributed by atoms with van der Waals surface area (Å²) in [5.74, 6) is 0.149. The lowest BCUT2D eigenvalue weighted by Crippen LogP contribution is -2.19. The second kappa shape index (κ2) is 8.70. The molecule has 0 N–H and O–H groups in total. The molecule has 1 aromatic carbocycles. The Labute approximate surface area is 192 Å². The number of aryl methyl sites for hydroxylation is 2. The summed E-state index contributed by atoms with van der Waals surface area (Å²) >= 11 is 0. The quantitative estimate of drug-likeness (QED) is 0.303. The van der Waals surface area contributed by atoms with Gasteiger partial charge in [0.15, 0.2) is 6.61 Å². The van der Waals surface area contributed by atoms with Gasteiger partial charge in [-0.3, -0.25) is 9.78 Å². The van der Waals surface area contributed by atoms with Gasteiger partial charge in [0.1, 0.15) is 5.76 Å². The summed E-state index contributed by atoms with van der Waals surface area (Å²) in [6, 6.07) is 13.2. The Morgan fingerprint density at radius 2 is 1.91 bits per heavy atom. The lowest BCUT2D eigenvalue weighted by molar-refractivity contribution is 0.0475. The molecule has 0 saturated carbocycles. The highest BCUT2D eigenvalue weighted by atomic mass is 16.5. The Kier molecular flexibility index (Phi) is 5.58. The van der Waals surface area contributed by atoms with Crippen LogP contribution in [0.25, 0.3) is 10.9 Å². The summed E-state index contributed by atoms with van der Waals surface area (Å²) < 4.78 is 13.1. The fourth-order valence-corrected chi connectivity index (χ4v) is 4.77. The van der Waals surface area contributed by atoms with Gasteiger partial charge < -0.3 is 13.7 Å². The van der Waals surface area contributed by atoms with Gasteiger partial charge in [-0.05, 0) is 69.4 Å². The highest BCUT2D eigenvalue weighted by molar-refractivity contribution is 6.06. The molecule has 3 aromatic heterocycles. The molecule has 168 valence electrons. The average molecular weight is 443 g/mol. The number of furan rings is 1. The number of hydrogen-bond acceptors (Lipinski definition) is 5. The molecular weight excluding hydrogens is 416 g/mol. The van der Waals surface area contributed by atoms with Crippen molar-refractivity contribution in [3.05, 3.63) is 88.3 Å². The highest BCUT2D eigenvalue weighted by Gasteiger charge is 2.25. The third-order valence-electron chi connectivity index (χ3n) is 6.48. The first kappa shape index (κ1) is 21.2. The summed E-state index contributed by atoms with van der Waals surface area (Å²) in [7, 11) is 0. The van der Waals surface area contributed by atoms with E-state index in [1.54, 1.807) is 6.26 Å². The number of hydrogen-bond donors (Lipinski definition) is 0. The van der Waals surface area contributed by atoms with E-state index in [1.165, 1.54) is 0 Å². The van der Waals surface area contributed by atoms with Gasteiger partial charge in [-0.15, -0.1) is 0 Å². The minimum atomic E-state index is -0.454. The Bertz CT molecular complexity index is 1350. The zero-order chi connectivity index (χ0) is 22.9. The van der Waals surface area contributed by atoms with Crippen LogP contribution in [0.2, 0.25) is 0 Å². The molecule has 0 atom stereocenters. The van der Waals surface area contributed by atoms with E-state index in [-0.39, 0.29) is 12.4 Å². The van der Waals surface area contributed by atoms with Crippen LogP contribution in [0.5, 0.6) is 0 Å². The largest absolute Gasteiger partial charge is 0.467 e. The molecule has 33 heavy (non-hydrogen) atoms. The third kappa shape index (κ3) is 3.97. The number of carbonyl (C=O) groups excluding carboxylic acids is 2. The Balaban J connectivity index is 1.38. The van der Waals surface area contributed by atoms with Crippen molar-refractivity contribution < 1.29 is 18.7 Å². The van der Waals surface area contributed by atoms with Gasteiger partial charge in [0.05, 0.1) is 23.9 Å². The maximum atomic E-state index is 13.2. The molecule has 0 saturated heterocycles. The maximum Gasteiger partial charge on any atom is 0.339 e. The first-order valence-electron chi connectivity index (χ1n) is 11.3. The van der Waals surface area contributed by atoms with Gasteiger partial charge in [0, 0.05) is 28.0 Å². The van der Waals surface area contributed by atoms with Crippen LogP contribution >= 0.6 is 0 Å². The fourth-order valence-electron chi connectivity index (χ4n) is 4.77. The van der Waals surface area contributed by atoms with Gasteiger partial charge in [-0.2, -0.15) is 0 Å². The second-order valence-corrected chi connectivity index (χ2v) is 8.59. The summed E-state index contributed by atoms with van der Waals surface area (Å²) in [6.07, 6.45) is 5.39. The molecule has 4 aromatic rings. The van der Waals surface area contributed by atoms with E-state index < -0.39 is 5.97 Å². The van der Waals surface area contributed by atoms with Crippen LogP contribution in [-0.4, -0.2) is 27.9 Å². The molecular formula is C27H26N2O4. The normalized spacial score (nSPS) is 13.2. The highest BCUT2D eigenvalue weighted by Crippen LogP contribution is 2.30. The van der Waals surface area contributed by atoms with Crippen molar-refractivity contribution >= 4 is 22.7 Å². The molecule has 6 heteroatoms. The number of fused-ring (bicyclic) bond motifs is 2. The van der Waals surface area contributed by atoms with E-state index in [9.17, 15) is 9.59 Å². The molecule has 3 heterocycles. The zero-order valence-corrected chi connectivity index (χ0v) is 18.9. The number of pyridine rings is 1. The Morgan fingerprint density at radius 3 is 2.73 bits per heavy atom. The first-order chi connectivity index (χ1) is 16.0. The van der Waals surface area contributed by atoms with Gasteiger partial charge >= 0.3 is 5.97 Å². The number of carbonyl (C=O) groups is 2. The molecule has 0 aliphatic heterocycles. The van der Waals surface area contributed by atoms with E-state index in [0.29, 0.717) is 17.7 Å². The summed E-state index contributed by atoms with van der Waals surface area (Å²) in [5.41, 5.74) is 5.64. The second-order valence-electron chi connectivity index (χ2n) is 8.59. The van der Waals surface area contributed by atoms with Gasteiger partial charge in [0.2, 0.25) is 5.78 Å². The number of nitrogens with zero attached hydrogens (tertiary/aromatic N) is 2. The molecule has 0 fully saturated rings. The molecule has 0 unspecified atom stereocenters. The lowest BCUT2D eigenvalue weighted by Gasteiger charge is -2.19. The van der Waals surface area contributed by atoms with E-state index >= 15 is 0 Å². The lowest BCUT2D eigenvalue weighted by atomic mass is 9.90. The summed E-state index contributed by atoms with van der Waals surface area (Å²) in [5, 5.41) is 0.784. The Morgan fingerprint density at radius 1 is 1.09 bits per heavy atom. The van der Waals surface area contributed by atoms with Crippen molar-refractivity contribution in [1.29, 1.82) is 0 Å². The number of para-hydroxylation sites is 1. The van der Waals surface area contributed by atoms with Crippen molar-refractivity contribution in [3.63, 3.8) is 0 Å². The van der Waals surface area contributed by atoms with Crippen LogP contribution in [0.4, 0.5) is 0 Å². The third-order valence-corrected chi connectivity index (χ3v) is 6.48. The van der Waals surface area contributed by atoms with E-state index in [4.69, 9.17) is 14.1 Å². The molecule has 1 aliphatic carbocycles. The number of rotatable bonds is 6. The van der Waals surface area contributed by atoms with Crippen molar-refractivity contribution in [2.75, 3.05) is 6.61 Å².